The molecule has 0 amide bonds. The van der Waals surface area contributed by atoms with Gasteiger partial charge in [0.05, 0.1) is 6.10 Å². The lowest BCUT2D eigenvalue weighted by Gasteiger charge is -2.41. The number of hydrogen-bond donors (Lipinski definition) is 2. The van der Waals surface area contributed by atoms with Gasteiger partial charge in [0.2, 0.25) is 0 Å². The van der Waals surface area contributed by atoms with Gasteiger partial charge in [0.15, 0.2) is 6.29 Å². The summed E-state index contributed by atoms with van der Waals surface area (Å²) in [4.78, 5) is 0. The Morgan fingerprint density at radius 2 is 1.44 bits per heavy atom. The predicted octanol–water partition coefficient (Wildman–Crippen LogP) is 3.78. The largest absolute Gasteiger partial charge is 0.388 e. The van der Waals surface area contributed by atoms with E-state index in [0.717, 1.165) is 12.8 Å². The molecule has 0 aromatic rings. The van der Waals surface area contributed by atoms with Gasteiger partial charge in [-0.2, -0.15) is 0 Å². The van der Waals surface area contributed by atoms with E-state index in [1.165, 1.54) is 58.5 Å². The number of aliphatic hydroxyl groups is 2. The van der Waals surface area contributed by atoms with E-state index in [9.17, 15) is 10.2 Å². The molecule has 2 N–H and O–H groups in total. The van der Waals surface area contributed by atoms with Crippen molar-refractivity contribution < 1.29 is 24.4 Å². The van der Waals surface area contributed by atoms with Crippen molar-refractivity contribution in [1.29, 1.82) is 0 Å². The molecule has 0 unspecified atom stereocenters. The third-order valence-electron chi connectivity index (χ3n) is 4.83. The molecule has 0 radical (unpaired) electrons. The Labute approximate surface area is 161 Å². The summed E-state index contributed by atoms with van der Waals surface area (Å²) in [6, 6.07) is 0. The summed E-state index contributed by atoms with van der Waals surface area (Å²) in [5, 5.41) is 21.0. The summed E-state index contributed by atoms with van der Waals surface area (Å²) in [5.41, 5.74) is 0. The smallest absolute Gasteiger partial charge is 0.186 e. The topological polar surface area (TPSA) is 68.2 Å². The number of rotatable bonds is 14. The maximum atomic E-state index is 10.3. The minimum Gasteiger partial charge on any atom is -0.388 e. The van der Waals surface area contributed by atoms with Gasteiger partial charge in [-0.15, -0.1) is 0 Å². The van der Waals surface area contributed by atoms with Gasteiger partial charge < -0.3 is 24.4 Å². The summed E-state index contributed by atoms with van der Waals surface area (Å²) in [7, 11) is 1.48. The van der Waals surface area contributed by atoms with Crippen LogP contribution in [0.1, 0.15) is 71.1 Å². The van der Waals surface area contributed by atoms with Crippen LogP contribution < -0.4 is 0 Å². The molecule has 0 saturated carbocycles. The molecule has 1 fully saturated rings. The molecule has 1 rings (SSSR count). The van der Waals surface area contributed by atoms with Crippen LogP contribution >= 0.6 is 15.9 Å². The van der Waals surface area contributed by atoms with Crippen LogP contribution in [0.5, 0.6) is 0 Å². The maximum absolute atomic E-state index is 10.3. The highest BCUT2D eigenvalue weighted by molar-refractivity contribution is 9.09. The molecular formula is C19H37BrO5. The summed E-state index contributed by atoms with van der Waals surface area (Å²) in [6.45, 7) is 2.79. The van der Waals surface area contributed by atoms with E-state index in [1.54, 1.807) is 0 Å². The Kier molecular flexibility index (Phi) is 13.4. The van der Waals surface area contributed by atoms with Crippen LogP contribution in [-0.4, -0.2) is 60.0 Å². The number of unbranched alkanes of at least 4 members (excludes halogenated alkanes) is 9. The molecular weight excluding hydrogens is 388 g/mol. The highest BCUT2D eigenvalue weighted by Crippen LogP contribution is 2.25. The minimum absolute atomic E-state index is 0.439. The van der Waals surface area contributed by atoms with Crippen molar-refractivity contribution in [1.82, 2.24) is 0 Å². The second-order valence-electron chi connectivity index (χ2n) is 6.93. The van der Waals surface area contributed by atoms with E-state index in [0.29, 0.717) is 11.9 Å². The standard InChI is InChI=1S/C19H37BrO5/c1-3-4-5-6-7-8-9-10-11-12-13-24-18-16(21)15(14-20)25-19(23-2)17(18)22/h15-19,21-22H,3-14H2,1-2H3/t15-,16-,17-,18+,19+/m1/s1. The second kappa shape index (κ2) is 14.4. The van der Waals surface area contributed by atoms with Gasteiger partial charge in [-0.3, -0.25) is 0 Å². The molecule has 6 heteroatoms. The van der Waals surface area contributed by atoms with Crippen LogP contribution in [0.15, 0.2) is 0 Å². The van der Waals surface area contributed by atoms with Crippen LogP contribution in [0.25, 0.3) is 0 Å². The monoisotopic (exact) mass is 424 g/mol. The maximum Gasteiger partial charge on any atom is 0.186 e. The Hall–Kier alpha value is 0.280. The van der Waals surface area contributed by atoms with Crippen LogP contribution in [0.3, 0.4) is 0 Å². The average molecular weight is 425 g/mol. The SMILES string of the molecule is CCCCCCCCCCCCO[C@@H]1[C@@H](O)[C@@H](OC)O[C@H](CBr)[C@H]1O. The van der Waals surface area contributed by atoms with Crippen LogP contribution in [0.4, 0.5) is 0 Å². The van der Waals surface area contributed by atoms with Gasteiger partial charge >= 0.3 is 0 Å². The first-order valence-electron chi connectivity index (χ1n) is 9.87. The first-order valence-corrected chi connectivity index (χ1v) is 11.0. The van der Waals surface area contributed by atoms with Gasteiger partial charge in [0, 0.05) is 19.0 Å². The van der Waals surface area contributed by atoms with Crippen molar-refractivity contribution in [3.8, 4) is 0 Å². The van der Waals surface area contributed by atoms with Gasteiger partial charge in [-0.25, -0.2) is 0 Å². The zero-order chi connectivity index (χ0) is 18.5. The van der Waals surface area contributed by atoms with E-state index >= 15 is 0 Å². The molecule has 5 nitrogen and oxygen atoms in total. The van der Waals surface area contributed by atoms with Gasteiger partial charge in [-0.1, -0.05) is 80.6 Å². The third kappa shape index (κ3) is 8.67. The first-order chi connectivity index (χ1) is 12.2. The molecule has 0 bridgehead atoms. The summed E-state index contributed by atoms with van der Waals surface area (Å²) >= 11 is 3.31. The molecule has 150 valence electrons. The molecule has 1 aliphatic rings. The molecule has 1 heterocycles. The number of alkyl halides is 1. The molecule has 0 spiro atoms. The molecule has 0 aliphatic carbocycles. The van der Waals surface area contributed by atoms with Crippen molar-refractivity contribution >= 4 is 15.9 Å². The normalized spacial score (nSPS) is 29.9. The number of hydrogen-bond acceptors (Lipinski definition) is 5. The van der Waals surface area contributed by atoms with E-state index in [-0.39, 0.29) is 0 Å². The predicted molar refractivity (Wildman–Crippen MR) is 103 cm³/mol. The molecule has 25 heavy (non-hydrogen) atoms. The zero-order valence-corrected chi connectivity index (χ0v) is 17.5. The zero-order valence-electron chi connectivity index (χ0n) is 15.9. The van der Waals surface area contributed by atoms with Crippen molar-refractivity contribution in [2.75, 3.05) is 19.0 Å². The number of methoxy groups -OCH3 is 1. The molecule has 1 saturated heterocycles. The highest BCUT2D eigenvalue weighted by Gasteiger charge is 2.44. The Bertz CT molecular complexity index is 302. The summed E-state index contributed by atoms with van der Waals surface area (Å²) in [5.74, 6) is 0. The van der Waals surface area contributed by atoms with Gasteiger partial charge in [-0.05, 0) is 6.42 Å². The average Bonchev–Trinajstić information content (AvgIpc) is 2.62. The quantitative estimate of drug-likeness (QED) is 0.328. The van der Waals surface area contributed by atoms with E-state index in [1.807, 2.05) is 0 Å². The summed E-state index contributed by atoms with van der Waals surface area (Å²) < 4.78 is 16.4. The third-order valence-corrected chi connectivity index (χ3v) is 5.47. The molecule has 0 aromatic carbocycles. The Balaban J connectivity index is 2.11. The van der Waals surface area contributed by atoms with E-state index in [4.69, 9.17) is 14.2 Å². The molecule has 0 aromatic heterocycles. The highest BCUT2D eigenvalue weighted by atomic mass is 79.9. The fraction of sp³-hybridized carbons (Fsp3) is 1.00. The van der Waals surface area contributed by atoms with Gasteiger partial charge in [0.1, 0.15) is 18.3 Å². The van der Waals surface area contributed by atoms with Crippen LogP contribution in [0, 0.1) is 0 Å². The fourth-order valence-corrected chi connectivity index (χ4v) is 3.77. The summed E-state index contributed by atoms with van der Waals surface area (Å²) in [6.07, 6.45) is 8.96. The van der Waals surface area contributed by atoms with E-state index in [2.05, 4.69) is 22.9 Å². The lowest BCUT2D eigenvalue weighted by Crippen LogP contribution is -2.59. The van der Waals surface area contributed by atoms with Crippen molar-refractivity contribution in [2.45, 2.75) is 102 Å². The second-order valence-corrected chi connectivity index (χ2v) is 7.58. The van der Waals surface area contributed by atoms with Crippen molar-refractivity contribution in [2.24, 2.45) is 0 Å². The van der Waals surface area contributed by atoms with Crippen LogP contribution in [0.2, 0.25) is 0 Å². The van der Waals surface area contributed by atoms with E-state index < -0.39 is 30.7 Å². The number of aliphatic hydroxyl groups excluding tert-OH is 2. The number of ether oxygens (including phenoxy) is 3. The fourth-order valence-electron chi connectivity index (χ4n) is 3.23. The first kappa shape index (κ1) is 23.3. The lowest BCUT2D eigenvalue weighted by molar-refractivity contribution is -0.292. The Morgan fingerprint density at radius 3 is 1.96 bits per heavy atom. The van der Waals surface area contributed by atoms with Gasteiger partial charge in [0.25, 0.3) is 0 Å². The lowest BCUT2D eigenvalue weighted by atomic mass is 9.99. The van der Waals surface area contributed by atoms with Crippen molar-refractivity contribution in [3.63, 3.8) is 0 Å². The van der Waals surface area contributed by atoms with Crippen molar-refractivity contribution in [3.05, 3.63) is 0 Å². The minimum atomic E-state index is -0.974. The molecule has 5 atom stereocenters. The molecule has 1 aliphatic heterocycles. The van der Waals surface area contributed by atoms with Crippen LogP contribution in [-0.2, 0) is 14.2 Å². The Morgan fingerprint density at radius 1 is 0.880 bits per heavy atom. The number of halogens is 1.